The van der Waals surface area contributed by atoms with Crippen LogP contribution in [0.3, 0.4) is 0 Å². The van der Waals surface area contributed by atoms with Crippen molar-refractivity contribution in [3.8, 4) is 0 Å². The first-order valence-corrected chi connectivity index (χ1v) is 8.05. The van der Waals surface area contributed by atoms with Gasteiger partial charge in [0, 0.05) is 17.6 Å². The lowest BCUT2D eigenvalue weighted by molar-refractivity contribution is -0.148. The highest BCUT2D eigenvalue weighted by molar-refractivity contribution is 5.79. The number of hydrogen-bond acceptors (Lipinski definition) is 3. The van der Waals surface area contributed by atoms with Gasteiger partial charge in [-0.25, -0.2) is 0 Å². The summed E-state index contributed by atoms with van der Waals surface area (Å²) >= 11 is 0. The summed E-state index contributed by atoms with van der Waals surface area (Å²) in [6.07, 6.45) is 6.10. The molecule has 0 aromatic carbocycles. The lowest BCUT2D eigenvalue weighted by atomic mass is 9.77. The van der Waals surface area contributed by atoms with Crippen molar-refractivity contribution in [2.45, 2.75) is 89.4 Å². The molecule has 1 saturated carbocycles. The van der Waals surface area contributed by atoms with Gasteiger partial charge in [-0.05, 0) is 72.8 Å². The Balaban J connectivity index is 2.15. The summed E-state index contributed by atoms with van der Waals surface area (Å²) in [5, 5.41) is 13.1. The largest absolute Gasteiger partial charge is 0.480 e. The SMILES string of the molecule is CC(C)NC1(C(=O)O)CCCC(N2CCCC2(C)C)C1. The molecule has 2 fully saturated rings. The lowest BCUT2D eigenvalue weighted by Crippen LogP contribution is -2.61. The van der Waals surface area contributed by atoms with Crippen LogP contribution in [0.5, 0.6) is 0 Å². The fourth-order valence-electron chi connectivity index (χ4n) is 4.26. The molecule has 1 aliphatic carbocycles. The van der Waals surface area contributed by atoms with Crippen molar-refractivity contribution < 1.29 is 9.90 Å². The molecule has 2 unspecified atom stereocenters. The van der Waals surface area contributed by atoms with Gasteiger partial charge in [-0.2, -0.15) is 0 Å². The van der Waals surface area contributed by atoms with Gasteiger partial charge < -0.3 is 5.11 Å². The Morgan fingerprint density at radius 2 is 2.00 bits per heavy atom. The highest BCUT2D eigenvalue weighted by Gasteiger charge is 2.47. The van der Waals surface area contributed by atoms with Gasteiger partial charge in [0.15, 0.2) is 0 Å². The minimum Gasteiger partial charge on any atom is -0.480 e. The van der Waals surface area contributed by atoms with Crippen LogP contribution in [-0.4, -0.2) is 45.7 Å². The smallest absolute Gasteiger partial charge is 0.323 e. The summed E-state index contributed by atoms with van der Waals surface area (Å²) in [6.45, 7) is 9.79. The highest BCUT2D eigenvalue weighted by atomic mass is 16.4. The topological polar surface area (TPSA) is 52.6 Å². The maximum Gasteiger partial charge on any atom is 0.323 e. The standard InChI is InChI=1S/C16H30N2O2/c1-12(2)17-16(14(19)20)9-5-7-13(11-16)18-10-6-8-15(18,3)4/h12-13,17H,5-11H2,1-4H3,(H,19,20). The second-order valence-corrected chi connectivity index (χ2v) is 7.55. The quantitative estimate of drug-likeness (QED) is 0.832. The molecule has 0 spiro atoms. The lowest BCUT2D eigenvalue weighted by Gasteiger charge is -2.46. The number of nitrogens with one attached hydrogen (secondary N) is 1. The van der Waals surface area contributed by atoms with Crippen molar-refractivity contribution in [1.82, 2.24) is 10.2 Å². The van der Waals surface area contributed by atoms with Crippen LogP contribution in [0, 0.1) is 0 Å². The van der Waals surface area contributed by atoms with E-state index in [1.54, 1.807) is 0 Å². The van der Waals surface area contributed by atoms with Crippen LogP contribution in [-0.2, 0) is 4.79 Å². The molecule has 1 heterocycles. The molecule has 2 rings (SSSR count). The predicted molar refractivity (Wildman–Crippen MR) is 80.9 cm³/mol. The molecule has 0 amide bonds. The molecule has 2 atom stereocenters. The number of likely N-dealkylation sites (tertiary alicyclic amines) is 1. The van der Waals surface area contributed by atoms with Gasteiger partial charge in [-0.1, -0.05) is 0 Å². The van der Waals surface area contributed by atoms with Crippen LogP contribution < -0.4 is 5.32 Å². The molecule has 0 aromatic heterocycles. The summed E-state index contributed by atoms with van der Waals surface area (Å²) in [7, 11) is 0. The van der Waals surface area contributed by atoms with E-state index < -0.39 is 11.5 Å². The zero-order valence-corrected chi connectivity index (χ0v) is 13.4. The van der Waals surface area contributed by atoms with E-state index in [2.05, 4.69) is 24.1 Å². The average Bonchev–Trinajstić information content (AvgIpc) is 2.68. The Labute approximate surface area is 122 Å². The van der Waals surface area contributed by atoms with E-state index >= 15 is 0 Å². The van der Waals surface area contributed by atoms with E-state index in [1.165, 1.54) is 12.8 Å². The van der Waals surface area contributed by atoms with E-state index in [-0.39, 0.29) is 11.6 Å². The Morgan fingerprint density at radius 3 is 2.50 bits per heavy atom. The van der Waals surface area contributed by atoms with Crippen molar-refractivity contribution >= 4 is 5.97 Å². The Kier molecular flexibility index (Phi) is 4.45. The minimum absolute atomic E-state index is 0.205. The molecule has 1 aliphatic heterocycles. The van der Waals surface area contributed by atoms with Gasteiger partial charge in [0.1, 0.15) is 5.54 Å². The van der Waals surface area contributed by atoms with E-state index in [9.17, 15) is 9.90 Å². The predicted octanol–water partition coefficient (Wildman–Crippen LogP) is 2.62. The molecule has 1 saturated heterocycles. The van der Waals surface area contributed by atoms with E-state index in [0.29, 0.717) is 6.04 Å². The third-order valence-corrected chi connectivity index (χ3v) is 5.11. The molecule has 116 valence electrons. The maximum atomic E-state index is 11.9. The van der Waals surface area contributed by atoms with Crippen molar-refractivity contribution in [3.05, 3.63) is 0 Å². The first kappa shape index (κ1) is 15.8. The van der Waals surface area contributed by atoms with Crippen molar-refractivity contribution in [1.29, 1.82) is 0 Å². The minimum atomic E-state index is -0.726. The van der Waals surface area contributed by atoms with Gasteiger partial charge in [-0.15, -0.1) is 0 Å². The molecule has 0 bridgehead atoms. The highest BCUT2D eigenvalue weighted by Crippen LogP contribution is 2.38. The molecule has 20 heavy (non-hydrogen) atoms. The molecule has 0 radical (unpaired) electrons. The third-order valence-electron chi connectivity index (χ3n) is 5.11. The molecular formula is C16H30N2O2. The second kappa shape index (κ2) is 5.64. The van der Waals surface area contributed by atoms with Gasteiger partial charge in [0.05, 0.1) is 0 Å². The first-order valence-electron chi connectivity index (χ1n) is 8.05. The van der Waals surface area contributed by atoms with Gasteiger partial charge in [0.25, 0.3) is 0 Å². The van der Waals surface area contributed by atoms with Crippen LogP contribution in [0.25, 0.3) is 0 Å². The van der Waals surface area contributed by atoms with Crippen molar-refractivity contribution in [2.24, 2.45) is 0 Å². The number of carboxylic acids is 1. The van der Waals surface area contributed by atoms with E-state index in [4.69, 9.17) is 0 Å². The van der Waals surface area contributed by atoms with Crippen LogP contribution >= 0.6 is 0 Å². The van der Waals surface area contributed by atoms with Crippen LogP contribution in [0.1, 0.15) is 66.2 Å². The summed E-state index contributed by atoms with van der Waals surface area (Å²) in [4.78, 5) is 14.4. The maximum absolute atomic E-state index is 11.9. The van der Waals surface area contributed by atoms with Crippen LogP contribution in [0.15, 0.2) is 0 Å². The Hall–Kier alpha value is -0.610. The van der Waals surface area contributed by atoms with Crippen LogP contribution in [0.4, 0.5) is 0 Å². The number of aliphatic carboxylic acids is 1. The summed E-state index contributed by atoms with van der Waals surface area (Å²) in [5.74, 6) is -0.673. The molecule has 4 heteroatoms. The number of nitrogens with zero attached hydrogens (tertiary/aromatic N) is 1. The number of rotatable bonds is 4. The molecular weight excluding hydrogens is 252 g/mol. The Bertz CT molecular complexity index is 367. The third kappa shape index (κ3) is 3.01. The fraction of sp³-hybridized carbons (Fsp3) is 0.938. The van der Waals surface area contributed by atoms with Gasteiger partial charge in [-0.3, -0.25) is 15.0 Å². The first-order chi connectivity index (χ1) is 9.27. The molecule has 0 aromatic rings. The van der Waals surface area contributed by atoms with Gasteiger partial charge in [0.2, 0.25) is 0 Å². The van der Waals surface area contributed by atoms with Crippen molar-refractivity contribution in [2.75, 3.05) is 6.54 Å². The zero-order valence-electron chi connectivity index (χ0n) is 13.4. The van der Waals surface area contributed by atoms with E-state index in [0.717, 1.165) is 32.2 Å². The summed E-state index contributed by atoms with van der Waals surface area (Å²) in [6, 6.07) is 0.611. The second-order valence-electron chi connectivity index (χ2n) is 7.55. The number of hydrogen-bond donors (Lipinski definition) is 2. The zero-order chi connectivity index (χ0) is 15.0. The number of carboxylic acid groups (broad SMARTS) is 1. The summed E-state index contributed by atoms with van der Waals surface area (Å²) in [5.41, 5.74) is -0.500. The Morgan fingerprint density at radius 1 is 1.30 bits per heavy atom. The van der Waals surface area contributed by atoms with Crippen molar-refractivity contribution in [3.63, 3.8) is 0 Å². The summed E-state index contributed by atoms with van der Waals surface area (Å²) < 4.78 is 0. The van der Waals surface area contributed by atoms with Crippen LogP contribution in [0.2, 0.25) is 0 Å². The average molecular weight is 282 g/mol. The van der Waals surface area contributed by atoms with E-state index in [1.807, 2.05) is 13.8 Å². The fourth-order valence-corrected chi connectivity index (χ4v) is 4.26. The molecule has 4 nitrogen and oxygen atoms in total. The monoisotopic (exact) mass is 282 g/mol. The molecule has 2 aliphatic rings. The number of carbonyl (C=O) groups is 1. The molecule has 2 N–H and O–H groups in total. The van der Waals surface area contributed by atoms with Gasteiger partial charge >= 0.3 is 5.97 Å². The normalized spacial score (nSPS) is 34.5.